The monoisotopic (exact) mass is 263 g/mol. The summed E-state index contributed by atoms with van der Waals surface area (Å²) >= 11 is 6.00. The molecule has 2 aromatic rings. The van der Waals surface area contributed by atoms with Crippen LogP contribution in [0.2, 0.25) is 5.15 Å². The first-order chi connectivity index (χ1) is 8.41. The summed E-state index contributed by atoms with van der Waals surface area (Å²) in [5, 5.41) is 10.2. The van der Waals surface area contributed by atoms with Crippen LogP contribution in [-0.4, -0.2) is 16.1 Å². The molecule has 1 N–H and O–H groups in total. The summed E-state index contributed by atoms with van der Waals surface area (Å²) < 4.78 is 0. The predicted molar refractivity (Wildman–Crippen MR) is 72.5 cm³/mol. The van der Waals surface area contributed by atoms with Gasteiger partial charge in [0.15, 0.2) is 0 Å². The lowest BCUT2D eigenvalue weighted by molar-refractivity contribution is 0.0695. The van der Waals surface area contributed by atoms with Crippen molar-refractivity contribution >= 4 is 28.5 Å². The minimum atomic E-state index is -1.03. The molecule has 3 nitrogen and oxygen atoms in total. The molecule has 0 aliphatic heterocycles. The fraction of sp³-hybridized carbons (Fsp3) is 0.286. The standard InChI is InChI=1S/C14H14ClNO2/c1-7(2)11-9-6-8(3)4-5-10(9)16-13(15)12(11)14(17)18/h4-7H,1-3H3,(H,17,18). The van der Waals surface area contributed by atoms with Crippen LogP contribution in [0.3, 0.4) is 0 Å². The number of aromatic carboxylic acids is 1. The number of halogens is 1. The Hall–Kier alpha value is -1.61. The van der Waals surface area contributed by atoms with E-state index in [1.54, 1.807) is 0 Å². The second-order valence-electron chi connectivity index (χ2n) is 4.67. The van der Waals surface area contributed by atoms with Crippen LogP contribution in [0.4, 0.5) is 0 Å². The van der Waals surface area contributed by atoms with Crippen molar-refractivity contribution in [2.75, 3.05) is 0 Å². The Balaban J connectivity index is 2.96. The Labute approximate surface area is 110 Å². The lowest BCUT2D eigenvalue weighted by atomic mass is 9.93. The van der Waals surface area contributed by atoms with Crippen molar-refractivity contribution < 1.29 is 9.90 Å². The Morgan fingerprint density at radius 3 is 2.61 bits per heavy atom. The van der Waals surface area contributed by atoms with Gasteiger partial charge < -0.3 is 5.11 Å². The summed E-state index contributed by atoms with van der Waals surface area (Å²) in [6, 6.07) is 5.77. The van der Waals surface area contributed by atoms with Gasteiger partial charge in [0.25, 0.3) is 0 Å². The zero-order valence-corrected chi connectivity index (χ0v) is 11.2. The zero-order valence-electron chi connectivity index (χ0n) is 10.5. The number of nitrogens with zero attached hydrogens (tertiary/aromatic N) is 1. The van der Waals surface area contributed by atoms with E-state index in [0.717, 1.165) is 22.0 Å². The van der Waals surface area contributed by atoms with Crippen molar-refractivity contribution in [2.24, 2.45) is 0 Å². The van der Waals surface area contributed by atoms with Gasteiger partial charge >= 0.3 is 5.97 Å². The van der Waals surface area contributed by atoms with E-state index in [1.165, 1.54) is 0 Å². The van der Waals surface area contributed by atoms with E-state index in [9.17, 15) is 9.90 Å². The quantitative estimate of drug-likeness (QED) is 0.833. The van der Waals surface area contributed by atoms with Crippen LogP contribution in [-0.2, 0) is 0 Å². The smallest absolute Gasteiger partial charge is 0.339 e. The van der Waals surface area contributed by atoms with Crippen molar-refractivity contribution in [1.29, 1.82) is 0 Å². The van der Waals surface area contributed by atoms with Gasteiger partial charge in [0.1, 0.15) is 10.7 Å². The number of aryl methyl sites for hydroxylation is 1. The first kappa shape index (κ1) is 12.8. The lowest BCUT2D eigenvalue weighted by Crippen LogP contribution is -2.07. The highest BCUT2D eigenvalue weighted by Gasteiger charge is 2.21. The van der Waals surface area contributed by atoms with E-state index < -0.39 is 5.97 Å². The molecule has 2 rings (SSSR count). The fourth-order valence-corrected chi connectivity index (χ4v) is 2.45. The molecule has 0 saturated heterocycles. The first-order valence-electron chi connectivity index (χ1n) is 5.75. The number of rotatable bonds is 2. The summed E-state index contributed by atoms with van der Waals surface area (Å²) in [5.41, 5.74) is 2.68. The van der Waals surface area contributed by atoms with Gasteiger partial charge in [-0.05, 0) is 30.5 Å². The normalized spacial score (nSPS) is 11.2. The number of fused-ring (bicyclic) bond motifs is 1. The summed E-state index contributed by atoms with van der Waals surface area (Å²) in [6.45, 7) is 5.89. The molecule has 1 aromatic heterocycles. The molecule has 4 heteroatoms. The molecule has 1 aromatic carbocycles. The number of pyridine rings is 1. The van der Waals surface area contributed by atoms with Gasteiger partial charge in [-0.2, -0.15) is 0 Å². The van der Waals surface area contributed by atoms with Crippen LogP contribution < -0.4 is 0 Å². The minimum Gasteiger partial charge on any atom is -0.478 e. The van der Waals surface area contributed by atoms with Crippen molar-refractivity contribution in [1.82, 2.24) is 4.98 Å². The van der Waals surface area contributed by atoms with Crippen LogP contribution in [0.15, 0.2) is 18.2 Å². The largest absolute Gasteiger partial charge is 0.478 e. The highest BCUT2D eigenvalue weighted by molar-refractivity contribution is 6.33. The molecule has 0 atom stereocenters. The third kappa shape index (κ3) is 2.06. The SMILES string of the molecule is Cc1ccc2nc(Cl)c(C(=O)O)c(C(C)C)c2c1. The number of carboxylic acid groups (broad SMARTS) is 1. The van der Waals surface area contributed by atoms with Crippen LogP contribution in [0.5, 0.6) is 0 Å². The topological polar surface area (TPSA) is 50.2 Å². The van der Waals surface area contributed by atoms with E-state index in [2.05, 4.69) is 4.98 Å². The molecule has 0 fully saturated rings. The lowest BCUT2D eigenvalue weighted by Gasteiger charge is -2.15. The summed E-state index contributed by atoms with van der Waals surface area (Å²) in [5.74, 6) is -0.958. The number of carboxylic acids is 1. The first-order valence-corrected chi connectivity index (χ1v) is 6.12. The number of benzene rings is 1. The Kier molecular flexibility index (Phi) is 3.26. The average Bonchev–Trinajstić information content (AvgIpc) is 2.27. The van der Waals surface area contributed by atoms with Gasteiger partial charge in [0.2, 0.25) is 0 Å². The Morgan fingerprint density at radius 2 is 2.06 bits per heavy atom. The van der Waals surface area contributed by atoms with E-state index in [-0.39, 0.29) is 16.6 Å². The number of aromatic nitrogens is 1. The molecule has 0 saturated carbocycles. The maximum atomic E-state index is 11.4. The molecule has 0 unspecified atom stereocenters. The van der Waals surface area contributed by atoms with Gasteiger partial charge in [-0.15, -0.1) is 0 Å². The Morgan fingerprint density at radius 1 is 1.39 bits per heavy atom. The molecule has 0 bridgehead atoms. The molecule has 0 amide bonds. The highest BCUT2D eigenvalue weighted by Crippen LogP contribution is 2.32. The number of hydrogen-bond acceptors (Lipinski definition) is 2. The van der Waals surface area contributed by atoms with Gasteiger partial charge in [-0.3, -0.25) is 0 Å². The molecule has 94 valence electrons. The van der Waals surface area contributed by atoms with E-state index >= 15 is 0 Å². The van der Waals surface area contributed by atoms with Gasteiger partial charge in [0.05, 0.1) is 5.52 Å². The van der Waals surface area contributed by atoms with E-state index in [4.69, 9.17) is 11.6 Å². The molecule has 1 heterocycles. The maximum Gasteiger partial charge on any atom is 0.339 e. The second-order valence-corrected chi connectivity index (χ2v) is 5.03. The van der Waals surface area contributed by atoms with Crippen LogP contribution in [0.1, 0.15) is 41.3 Å². The zero-order chi connectivity index (χ0) is 13.4. The van der Waals surface area contributed by atoms with Gasteiger partial charge in [-0.25, -0.2) is 9.78 Å². The molecule has 0 aliphatic rings. The number of hydrogen-bond donors (Lipinski definition) is 1. The summed E-state index contributed by atoms with van der Waals surface area (Å²) in [4.78, 5) is 15.5. The molecular formula is C14H14ClNO2. The van der Waals surface area contributed by atoms with Crippen LogP contribution >= 0.6 is 11.6 Å². The maximum absolute atomic E-state index is 11.4. The third-order valence-electron chi connectivity index (χ3n) is 2.93. The highest BCUT2D eigenvalue weighted by atomic mass is 35.5. The fourth-order valence-electron chi connectivity index (χ4n) is 2.17. The van der Waals surface area contributed by atoms with Crippen molar-refractivity contribution in [3.8, 4) is 0 Å². The second kappa shape index (κ2) is 4.58. The summed E-state index contributed by atoms with van der Waals surface area (Å²) in [6.07, 6.45) is 0. The predicted octanol–water partition coefficient (Wildman–Crippen LogP) is 4.02. The third-order valence-corrected chi connectivity index (χ3v) is 3.20. The molecular weight excluding hydrogens is 250 g/mol. The van der Waals surface area contributed by atoms with E-state index in [0.29, 0.717) is 0 Å². The molecule has 0 spiro atoms. The van der Waals surface area contributed by atoms with Crippen molar-refractivity contribution in [2.45, 2.75) is 26.7 Å². The van der Waals surface area contributed by atoms with Gasteiger partial charge in [-0.1, -0.05) is 37.1 Å². The van der Waals surface area contributed by atoms with E-state index in [1.807, 2.05) is 39.0 Å². The van der Waals surface area contributed by atoms with Crippen molar-refractivity contribution in [3.05, 3.63) is 40.0 Å². The van der Waals surface area contributed by atoms with Gasteiger partial charge in [0, 0.05) is 5.39 Å². The van der Waals surface area contributed by atoms with Crippen LogP contribution in [0.25, 0.3) is 10.9 Å². The molecule has 18 heavy (non-hydrogen) atoms. The van der Waals surface area contributed by atoms with Crippen LogP contribution in [0, 0.1) is 6.92 Å². The van der Waals surface area contributed by atoms with Crippen molar-refractivity contribution in [3.63, 3.8) is 0 Å². The number of carbonyl (C=O) groups is 1. The average molecular weight is 264 g/mol. The molecule has 0 aliphatic carbocycles. The molecule has 0 radical (unpaired) electrons. The Bertz CT molecular complexity index is 635. The minimum absolute atomic E-state index is 0.0579. The summed E-state index contributed by atoms with van der Waals surface area (Å²) in [7, 11) is 0.